The molecule has 0 radical (unpaired) electrons. The van der Waals surface area contributed by atoms with E-state index in [1.807, 2.05) is 60.0 Å². The molecule has 3 rings (SSSR count). The number of rotatable bonds is 8. The van der Waals surface area contributed by atoms with Crippen LogP contribution < -0.4 is 4.74 Å². The Labute approximate surface area is 161 Å². The third-order valence-corrected chi connectivity index (χ3v) is 5.01. The van der Waals surface area contributed by atoms with E-state index in [-0.39, 0.29) is 12.4 Å². The summed E-state index contributed by atoms with van der Waals surface area (Å²) in [4.78, 5) is 12.3. The van der Waals surface area contributed by atoms with Crippen molar-refractivity contribution in [2.45, 2.75) is 25.2 Å². The first kappa shape index (κ1) is 18.5. The lowest BCUT2D eigenvalue weighted by molar-refractivity contribution is 0.102. The highest BCUT2D eigenvalue weighted by Gasteiger charge is 2.14. The summed E-state index contributed by atoms with van der Waals surface area (Å²) >= 11 is 7.48. The first-order valence-electron chi connectivity index (χ1n) is 8.19. The normalized spacial score (nSPS) is 10.7. The Morgan fingerprint density at radius 3 is 2.58 bits per heavy atom. The van der Waals surface area contributed by atoms with Crippen LogP contribution in [0.1, 0.15) is 23.1 Å². The molecule has 1 aromatic heterocycles. The quantitative estimate of drug-likeness (QED) is 0.420. The molecule has 0 bridgehead atoms. The second-order valence-corrected chi connectivity index (χ2v) is 6.79. The van der Waals surface area contributed by atoms with E-state index >= 15 is 0 Å². The first-order chi connectivity index (χ1) is 12.7. The molecule has 3 aromatic rings. The molecule has 0 fully saturated rings. The van der Waals surface area contributed by atoms with Crippen LogP contribution in [0, 0.1) is 0 Å². The molecule has 0 atom stereocenters. The summed E-state index contributed by atoms with van der Waals surface area (Å²) in [5.41, 5.74) is 0.699. The number of hydrogen-bond acceptors (Lipinski definition) is 5. The van der Waals surface area contributed by atoms with Crippen molar-refractivity contribution in [1.29, 1.82) is 0 Å². The Hall–Kier alpha value is -2.31. The van der Waals surface area contributed by atoms with Gasteiger partial charge in [0.2, 0.25) is 0 Å². The van der Waals surface area contributed by atoms with Gasteiger partial charge in [0.15, 0.2) is 16.8 Å². The summed E-state index contributed by atoms with van der Waals surface area (Å²) in [7, 11) is 0. The number of benzene rings is 2. The van der Waals surface area contributed by atoms with Gasteiger partial charge < -0.3 is 9.30 Å². The molecule has 134 valence electrons. The zero-order valence-electron chi connectivity index (χ0n) is 14.3. The summed E-state index contributed by atoms with van der Waals surface area (Å²) in [6.07, 6.45) is 0. The van der Waals surface area contributed by atoms with Crippen LogP contribution in [0.15, 0.2) is 59.8 Å². The number of ketones is 1. The number of ether oxygens (including phenoxy) is 1. The smallest absolute Gasteiger partial charge is 0.191 e. The zero-order valence-corrected chi connectivity index (χ0v) is 15.8. The van der Waals surface area contributed by atoms with Crippen molar-refractivity contribution in [3.05, 3.63) is 71.0 Å². The van der Waals surface area contributed by atoms with Crippen molar-refractivity contribution in [1.82, 2.24) is 14.8 Å². The number of aromatic nitrogens is 3. The van der Waals surface area contributed by atoms with Crippen LogP contribution >= 0.6 is 23.4 Å². The molecule has 0 saturated heterocycles. The van der Waals surface area contributed by atoms with Crippen LogP contribution in [0.4, 0.5) is 0 Å². The average molecular weight is 388 g/mol. The van der Waals surface area contributed by atoms with Crippen LogP contribution in [-0.4, -0.2) is 26.3 Å². The topological polar surface area (TPSA) is 57.0 Å². The highest BCUT2D eigenvalue weighted by atomic mass is 35.5. The van der Waals surface area contributed by atoms with E-state index in [4.69, 9.17) is 16.3 Å². The molecule has 0 spiro atoms. The van der Waals surface area contributed by atoms with Gasteiger partial charge in [-0.05, 0) is 19.1 Å². The molecular weight excluding hydrogens is 370 g/mol. The maximum absolute atomic E-state index is 12.3. The third-order valence-electron chi connectivity index (χ3n) is 3.73. The van der Waals surface area contributed by atoms with Gasteiger partial charge in [0.1, 0.15) is 12.4 Å². The van der Waals surface area contributed by atoms with Crippen LogP contribution in [-0.2, 0) is 13.2 Å². The van der Waals surface area contributed by atoms with Gasteiger partial charge in [-0.1, -0.05) is 65.8 Å². The van der Waals surface area contributed by atoms with E-state index in [1.165, 1.54) is 11.8 Å². The number of halogens is 1. The minimum atomic E-state index is 0.0649. The molecular formula is C19H18ClN3O2S. The fraction of sp³-hybridized carbons (Fsp3) is 0.211. The Kier molecular flexibility index (Phi) is 6.30. The van der Waals surface area contributed by atoms with E-state index in [0.29, 0.717) is 39.6 Å². The molecule has 7 heteroatoms. The summed E-state index contributed by atoms with van der Waals surface area (Å²) in [5, 5.41) is 9.65. The molecule has 0 N–H and O–H groups in total. The van der Waals surface area contributed by atoms with Crippen LogP contribution in [0.2, 0.25) is 5.02 Å². The van der Waals surface area contributed by atoms with Crippen molar-refractivity contribution >= 4 is 29.1 Å². The van der Waals surface area contributed by atoms with Crippen molar-refractivity contribution < 1.29 is 9.53 Å². The lowest BCUT2D eigenvalue weighted by atomic mass is 10.2. The Morgan fingerprint density at radius 1 is 1.12 bits per heavy atom. The second-order valence-electron chi connectivity index (χ2n) is 5.44. The zero-order chi connectivity index (χ0) is 18.4. The van der Waals surface area contributed by atoms with E-state index in [1.54, 1.807) is 6.07 Å². The van der Waals surface area contributed by atoms with Gasteiger partial charge in [-0.2, -0.15) is 0 Å². The molecule has 0 aliphatic carbocycles. The van der Waals surface area contributed by atoms with Crippen molar-refractivity contribution in [2.75, 3.05) is 5.75 Å². The Bertz CT molecular complexity index is 884. The molecule has 0 aliphatic heterocycles. The largest absolute Gasteiger partial charge is 0.484 e. The monoisotopic (exact) mass is 387 g/mol. The van der Waals surface area contributed by atoms with E-state index in [0.717, 1.165) is 0 Å². The number of thioether (sulfide) groups is 1. The maximum Gasteiger partial charge on any atom is 0.191 e. The minimum Gasteiger partial charge on any atom is -0.484 e. The third kappa shape index (κ3) is 4.45. The number of nitrogens with zero attached hydrogens (tertiary/aromatic N) is 3. The summed E-state index contributed by atoms with van der Waals surface area (Å²) in [5.74, 6) is 1.68. The molecule has 0 unspecified atom stereocenters. The number of carbonyl (C=O) groups is 1. The Morgan fingerprint density at radius 2 is 1.85 bits per heavy atom. The van der Waals surface area contributed by atoms with Crippen molar-refractivity contribution in [3.8, 4) is 5.75 Å². The number of carbonyl (C=O) groups excluding carboxylic acids is 1. The van der Waals surface area contributed by atoms with Gasteiger partial charge in [0, 0.05) is 12.1 Å². The summed E-state index contributed by atoms with van der Waals surface area (Å²) < 4.78 is 7.69. The maximum atomic E-state index is 12.3. The van der Waals surface area contributed by atoms with E-state index < -0.39 is 0 Å². The highest BCUT2D eigenvalue weighted by Crippen LogP contribution is 2.25. The molecule has 5 nitrogen and oxygen atoms in total. The lowest BCUT2D eigenvalue weighted by Gasteiger charge is -2.09. The fourth-order valence-electron chi connectivity index (χ4n) is 2.39. The average Bonchev–Trinajstić information content (AvgIpc) is 3.08. The summed E-state index contributed by atoms with van der Waals surface area (Å²) in [6.45, 7) is 2.96. The Balaban J connectivity index is 1.64. The summed E-state index contributed by atoms with van der Waals surface area (Å²) in [6, 6.07) is 16.5. The van der Waals surface area contributed by atoms with Gasteiger partial charge in [-0.25, -0.2) is 0 Å². The van der Waals surface area contributed by atoms with E-state index in [2.05, 4.69) is 10.2 Å². The molecule has 2 aromatic carbocycles. The molecule has 26 heavy (non-hydrogen) atoms. The minimum absolute atomic E-state index is 0.0649. The standard InChI is InChI=1S/C19H18ClN3O2S/c1-2-23-18(12-25-17-11-7-6-10-15(17)20)21-22-19(23)26-13-16(24)14-8-4-3-5-9-14/h3-11H,2,12-13H2,1H3. The van der Waals surface area contributed by atoms with E-state index in [9.17, 15) is 4.79 Å². The number of Topliss-reactive ketones (excluding diaryl/α,β-unsaturated/α-hetero) is 1. The molecule has 1 heterocycles. The van der Waals surface area contributed by atoms with Crippen LogP contribution in [0.25, 0.3) is 0 Å². The predicted octanol–water partition coefficient (Wildman–Crippen LogP) is 4.51. The number of hydrogen-bond donors (Lipinski definition) is 0. The first-order valence-corrected chi connectivity index (χ1v) is 9.56. The van der Waals surface area contributed by atoms with Crippen molar-refractivity contribution in [2.24, 2.45) is 0 Å². The highest BCUT2D eigenvalue weighted by molar-refractivity contribution is 7.99. The van der Waals surface area contributed by atoms with Crippen LogP contribution in [0.5, 0.6) is 5.75 Å². The van der Waals surface area contributed by atoms with Gasteiger partial charge >= 0.3 is 0 Å². The predicted molar refractivity (Wildman–Crippen MR) is 103 cm³/mol. The van der Waals surface area contributed by atoms with Crippen molar-refractivity contribution in [3.63, 3.8) is 0 Å². The number of para-hydroxylation sites is 1. The van der Waals surface area contributed by atoms with Gasteiger partial charge in [0.05, 0.1) is 10.8 Å². The van der Waals surface area contributed by atoms with Gasteiger partial charge in [0.25, 0.3) is 0 Å². The van der Waals surface area contributed by atoms with Gasteiger partial charge in [-0.3, -0.25) is 4.79 Å². The fourth-order valence-corrected chi connectivity index (χ4v) is 3.50. The molecule has 0 saturated carbocycles. The lowest BCUT2D eigenvalue weighted by Crippen LogP contribution is -2.08. The SMILES string of the molecule is CCn1c(COc2ccccc2Cl)nnc1SCC(=O)c1ccccc1. The molecule has 0 aliphatic rings. The molecule has 0 amide bonds. The van der Waals surface area contributed by atoms with Crippen LogP contribution in [0.3, 0.4) is 0 Å². The second kappa shape index (κ2) is 8.87. The van der Waals surface area contributed by atoms with Gasteiger partial charge in [-0.15, -0.1) is 10.2 Å².